The normalized spacial score (nSPS) is 18.9. The van der Waals surface area contributed by atoms with Crippen molar-refractivity contribution in [3.8, 4) is 0 Å². The summed E-state index contributed by atoms with van der Waals surface area (Å²) in [5, 5.41) is 3.41. The van der Waals surface area contributed by atoms with Gasteiger partial charge in [-0.15, -0.1) is 11.3 Å². The SMILES string of the molecule is Cc1cnc(NC(=O)[C@@H]2CC(=O)N(CCC(C)C)C2)s1. The van der Waals surface area contributed by atoms with Gasteiger partial charge in [0.2, 0.25) is 11.8 Å². The van der Waals surface area contributed by atoms with E-state index in [1.165, 1.54) is 11.3 Å². The third-order valence-electron chi connectivity index (χ3n) is 3.41. The molecule has 20 heavy (non-hydrogen) atoms. The maximum Gasteiger partial charge on any atom is 0.231 e. The van der Waals surface area contributed by atoms with Gasteiger partial charge in [-0.05, 0) is 19.3 Å². The van der Waals surface area contributed by atoms with Crippen LogP contribution in [0.5, 0.6) is 0 Å². The number of hydrogen-bond acceptors (Lipinski definition) is 4. The van der Waals surface area contributed by atoms with Gasteiger partial charge < -0.3 is 10.2 Å². The van der Waals surface area contributed by atoms with Crippen molar-refractivity contribution >= 4 is 28.3 Å². The summed E-state index contributed by atoms with van der Waals surface area (Å²) in [7, 11) is 0. The largest absolute Gasteiger partial charge is 0.342 e. The molecule has 2 amide bonds. The number of rotatable bonds is 5. The topological polar surface area (TPSA) is 62.3 Å². The van der Waals surface area contributed by atoms with Crippen molar-refractivity contribution in [2.75, 3.05) is 18.4 Å². The van der Waals surface area contributed by atoms with Crippen LogP contribution in [0.1, 0.15) is 31.6 Å². The molecule has 0 unspecified atom stereocenters. The summed E-state index contributed by atoms with van der Waals surface area (Å²) in [6.07, 6.45) is 3.02. The molecule has 1 aliphatic heterocycles. The quantitative estimate of drug-likeness (QED) is 0.906. The molecular formula is C14H21N3O2S. The Morgan fingerprint density at radius 2 is 2.35 bits per heavy atom. The Balaban J connectivity index is 1.87. The summed E-state index contributed by atoms with van der Waals surface area (Å²) < 4.78 is 0. The number of anilines is 1. The Hall–Kier alpha value is -1.43. The number of aryl methyl sites for hydroxylation is 1. The zero-order valence-corrected chi connectivity index (χ0v) is 13.0. The third-order valence-corrected chi connectivity index (χ3v) is 4.24. The predicted molar refractivity (Wildman–Crippen MR) is 79.6 cm³/mol. The Morgan fingerprint density at radius 1 is 1.60 bits per heavy atom. The molecule has 0 spiro atoms. The second-order valence-electron chi connectivity index (χ2n) is 5.69. The van der Waals surface area contributed by atoms with E-state index < -0.39 is 0 Å². The van der Waals surface area contributed by atoms with Crippen molar-refractivity contribution in [3.63, 3.8) is 0 Å². The highest BCUT2D eigenvalue weighted by molar-refractivity contribution is 7.15. The van der Waals surface area contributed by atoms with Gasteiger partial charge >= 0.3 is 0 Å². The molecule has 1 aromatic rings. The van der Waals surface area contributed by atoms with Gasteiger partial charge in [0, 0.05) is 30.6 Å². The van der Waals surface area contributed by atoms with Gasteiger partial charge in [-0.1, -0.05) is 13.8 Å². The maximum atomic E-state index is 12.1. The van der Waals surface area contributed by atoms with Crippen LogP contribution in [0.4, 0.5) is 5.13 Å². The second-order valence-corrected chi connectivity index (χ2v) is 6.92. The number of carbonyl (C=O) groups is 2. The van der Waals surface area contributed by atoms with Gasteiger partial charge in [-0.2, -0.15) is 0 Å². The van der Waals surface area contributed by atoms with Crippen LogP contribution in [0.2, 0.25) is 0 Å². The Morgan fingerprint density at radius 3 is 2.95 bits per heavy atom. The van der Waals surface area contributed by atoms with Crippen molar-refractivity contribution in [1.29, 1.82) is 0 Å². The average Bonchev–Trinajstić information content (AvgIpc) is 2.93. The molecule has 1 aliphatic rings. The van der Waals surface area contributed by atoms with Gasteiger partial charge in [-0.3, -0.25) is 9.59 Å². The average molecular weight is 295 g/mol. The summed E-state index contributed by atoms with van der Waals surface area (Å²) in [5.41, 5.74) is 0. The summed E-state index contributed by atoms with van der Waals surface area (Å²) in [4.78, 5) is 31.0. The molecule has 1 atom stereocenters. The van der Waals surface area contributed by atoms with Crippen LogP contribution in [0.3, 0.4) is 0 Å². The van der Waals surface area contributed by atoms with E-state index in [0.29, 0.717) is 24.0 Å². The standard InChI is InChI=1S/C14H21N3O2S/c1-9(2)4-5-17-8-11(6-12(17)18)13(19)16-14-15-7-10(3)20-14/h7,9,11H,4-6,8H2,1-3H3,(H,15,16,19)/t11-/m1/s1. The van der Waals surface area contributed by atoms with Gasteiger partial charge in [-0.25, -0.2) is 4.98 Å². The molecule has 110 valence electrons. The van der Waals surface area contributed by atoms with Gasteiger partial charge in [0.25, 0.3) is 0 Å². The Labute approximate surface area is 123 Å². The molecule has 1 fully saturated rings. The van der Waals surface area contributed by atoms with E-state index in [-0.39, 0.29) is 17.7 Å². The van der Waals surface area contributed by atoms with E-state index in [1.54, 1.807) is 11.1 Å². The lowest BCUT2D eigenvalue weighted by Crippen LogP contribution is -2.29. The smallest absolute Gasteiger partial charge is 0.231 e. The summed E-state index contributed by atoms with van der Waals surface area (Å²) >= 11 is 1.45. The number of aromatic nitrogens is 1. The van der Waals surface area contributed by atoms with Gasteiger partial charge in [0.1, 0.15) is 0 Å². The lowest BCUT2D eigenvalue weighted by atomic mass is 10.1. The minimum atomic E-state index is -0.251. The molecule has 5 nitrogen and oxygen atoms in total. The molecular weight excluding hydrogens is 274 g/mol. The zero-order chi connectivity index (χ0) is 14.7. The monoisotopic (exact) mass is 295 g/mol. The molecule has 6 heteroatoms. The second kappa shape index (κ2) is 6.35. The van der Waals surface area contributed by atoms with Crippen LogP contribution < -0.4 is 5.32 Å². The number of carbonyl (C=O) groups excluding carboxylic acids is 2. The van der Waals surface area contributed by atoms with E-state index in [4.69, 9.17) is 0 Å². The van der Waals surface area contributed by atoms with E-state index in [2.05, 4.69) is 24.1 Å². The fourth-order valence-corrected chi connectivity index (χ4v) is 2.87. The van der Waals surface area contributed by atoms with Crippen LogP contribution >= 0.6 is 11.3 Å². The number of amides is 2. The van der Waals surface area contributed by atoms with Crippen molar-refractivity contribution in [3.05, 3.63) is 11.1 Å². The molecule has 1 N–H and O–H groups in total. The molecule has 2 rings (SSSR count). The molecule has 2 heterocycles. The molecule has 0 aromatic carbocycles. The minimum absolute atomic E-state index is 0.0844. The first-order chi connectivity index (χ1) is 9.45. The van der Waals surface area contributed by atoms with Crippen LogP contribution in [-0.4, -0.2) is 34.8 Å². The lowest BCUT2D eigenvalue weighted by Gasteiger charge is -2.17. The predicted octanol–water partition coefficient (Wildman–Crippen LogP) is 2.28. The Kier molecular flexibility index (Phi) is 4.75. The highest BCUT2D eigenvalue weighted by atomic mass is 32.1. The molecule has 0 bridgehead atoms. The van der Waals surface area contributed by atoms with E-state index in [9.17, 15) is 9.59 Å². The first kappa shape index (κ1) is 15.0. The number of nitrogens with one attached hydrogen (secondary N) is 1. The Bertz CT molecular complexity index is 498. The minimum Gasteiger partial charge on any atom is -0.342 e. The number of nitrogens with zero attached hydrogens (tertiary/aromatic N) is 2. The third kappa shape index (κ3) is 3.79. The van der Waals surface area contributed by atoms with Crippen molar-refractivity contribution < 1.29 is 9.59 Å². The van der Waals surface area contributed by atoms with Crippen molar-refractivity contribution in [1.82, 2.24) is 9.88 Å². The molecule has 1 saturated heterocycles. The lowest BCUT2D eigenvalue weighted by molar-refractivity contribution is -0.128. The van der Waals surface area contributed by atoms with Crippen molar-refractivity contribution in [2.24, 2.45) is 11.8 Å². The van der Waals surface area contributed by atoms with Gasteiger partial charge in [0.15, 0.2) is 5.13 Å². The maximum absolute atomic E-state index is 12.1. The highest BCUT2D eigenvalue weighted by Gasteiger charge is 2.34. The van der Waals surface area contributed by atoms with Crippen LogP contribution in [0.25, 0.3) is 0 Å². The number of thiazole rings is 1. The molecule has 0 aliphatic carbocycles. The highest BCUT2D eigenvalue weighted by Crippen LogP contribution is 2.22. The first-order valence-electron chi connectivity index (χ1n) is 6.96. The van der Waals surface area contributed by atoms with Crippen LogP contribution in [0.15, 0.2) is 6.20 Å². The van der Waals surface area contributed by atoms with E-state index in [1.807, 2.05) is 6.92 Å². The van der Waals surface area contributed by atoms with Crippen LogP contribution in [0, 0.1) is 18.8 Å². The molecule has 1 aromatic heterocycles. The number of hydrogen-bond donors (Lipinski definition) is 1. The fraction of sp³-hybridized carbons (Fsp3) is 0.643. The van der Waals surface area contributed by atoms with E-state index >= 15 is 0 Å². The summed E-state index contributed by atoms with van der Waals surface area (Å²) in [6.45, 7) is 7.49. The molecule has 0 saturated carbocycles. The number of likely N-dealkylation sites (tertiary alicyclic amines) is 1. The van der Waals surface area contributed by atoms with Gasteiger partial charge in [0.05, 0.1) is 5.92 Å². The first-order valence-corrected chi connectivity index (χ1v) is 7.78. The fourth-order valence-electron chi connectivity index (χ4n) is 2.20. The van der Waals surface area contributed by atoms with E-state index in [0.717, 1.165) is 17.8 Å². The summed E-state index contributed by atoms with van der Waals surface area (Å²) in [5.74, 6) is 0.300. The van der Waals surface area contributed by atoms with Crippen molar-refractivity contribution in [2.45, 2.75) is 33.6 Å². The van der Waals surface area contributed by atoms with Crippen LogP contribution in [-0.2, 0) is 9.59 Å². The molecule has 0 radical (unpaired) electrons. The summed E-state index contributed by atoms with van der Waals surface area (Å²) in [6, 6.07) is 0. The zero-order valence-electron chi connectivity index (χ0n) is 12.2.